The molecular formula is C17H13NO3. The summed E-state index contributed by atoms with van der Waals surface area (Å²) in [5.74, 6) is 0.657. The maximum Gasteiger partial charge on any atom is 0.363 e. The van der Waals surface area contributed by atoms with Crippen molar-refractivity contribution in [3.63, 3.8) is 0 Å². The summed E-state index contributed by atoms with van der Waals surface area (Å²) in [6.45, 7) is 0. The summed E-state index contributed by atoms with van der Waals surface area (Å²) >= 11 is 0. The van der Waals surface area contributed by atoms with E-state index in [0.29, 0.717) is 11.6 Å². The maximum atomic E-state index is 11.9. The Balaban J connectivity index is 1.89. The molecule has 21 heavy (non-hydrogen) atoms. The number of carbonyl (C=O) groups excluding carboxylic acids is 1. The molecular weight excluding hydrogens is 266 g/mol. The van der Waals surface area contributed by atoms with Gasteiger partial charge < -0.3 is 9.47 Å². The van der Waals surface area contributed by atoms with Crippen molar-refractivity contribution in [2.45, 2.75) is 0 Å². The van der Waals surface area contributed by atoms with Crippen molar-refractivity contribution < 1.29 is 14.3 Å². The predicted molar refractivity (Wildman–Crippen MR) is 80.0 cm³/mol. The van der Waals surface area contributed by atoms with E-state index < -0.39 is 5.97 Å². The fraction of sp³-hybridized carbons (Fsp3) is 0.0588. The van der Waals surface area contributed by atoms with Crippen LogP contribution in [0.2, 0.25) is 0 Å². The van der Waals surface area contributed by atoms with Crippen LogP contribution in [0.1, 0.15) is 11.1 Å². The lowest BCUT2D eigenvalue weighted by molar-refractivity contribution is -0.129. The van der Waals surface area contributed by atoms with Crippen LogP contribution in [0, 0.1) is 0 Å². The van der Waals surface area contributed by atoms with E-state index in [0.717, 1.165) is 16.9 Å². The van der Waals surface area contributed by atoms with Gasteiger partial charge in [0.25, 0.3) is 0 Å². The lowest BCUT2D eigenvalue weighted by atomic mass is 10.2. The summed E-state index contributed by atoms with van der Waals surface area (Å²) in [5, 5.41) is 0. The second-order valence-electron chi connectivity index (χ2n) is 4.48. The van der Waals surface area contributed by atoms with E-state index in [2.05, 4.69) is 4.99 Å². The number of hydrogen-bond donors (Lipinski definition) is 0. The molecule has 0 saturated carbocycles. The highest BCUT2D eigenvalue weighted by Crippen LogP contribution is 2.20. The molecule has 0 atom stereocenters. The van der Waals surface area contributed by atoms with Crippen molar-refractivity contribution in [3.05, 3.63) is 71.4 Å². The third kappa shape index (κ3) is 2.84. The zero-order valence-electron chi connectivity index (χ0n) is 11.4. The van der Waals surface area contributed by atoms with Gasteiger partial charge in [0.2, 0.25) is 5.90 Å². The van der Waals surface area contributed by atoms with Crippen LogP contribution in [0.4, 0.5) is 0 Å². The first kappa shape index (κ1) is 13.1. The van der Waals surface area contributed by atoms with E-state index >= 15 is 0 Å². The summed E-state index contributed by atoms with van der Waals surface area (Å²) in [4.78, 5) is 16.1. The van der Waals surface area contributed by atoms with Gasteiger partial charge in [-0.25, -0.2) is 9.79 Å². The minimum atomic E-state index is -0.440. The predicted octanol–water partition coefficient (Wildman–Crippen LogP) is 3.04. The van der Waals surface area contributed by atoms with Gasteiger partial charge >= 0.3 is 5.97 Å². The molecule has 0 aliphatic carbocycles. The summed E-state index contributed by atoms with van der Waals surface area (Å²) in [7, 11) is 1.61. The van der Waals surface area contributed by atoms with Crippen LogP contribution >= 0.6 is 0 Å². The van der Waals surface area contributed by atoms with Crippen LogP contribution in [0.3, 0.4) is 0 Å². The zero-order chi connectivity index (χ0) is 14.7. The Labute approximate surface area is 122 Å². The van der Waals surface area contributed by atoms with Crippen molar-refractivity contribution >= 4 is 17.9 Å². The molecule has 4 heteroatoms. The number of nitrogens with zero attached hydrogens (tertiary/aromatic N) is 1. The van der Waals surface area contributed by atoms with Crippen LogP contribution in [-0.2, 0) is 9.53 Å². The lowest BCUT2D eigenvalue weighted by Gasteiger charge is -1.99. The summed E-state index contributed by atoms with van der Waals surface area (Å²) in [5.41, 5.74) is 1.93. The SMILES string of the molecule is COc1ccc(/C=C2\N=C(c3ccccc3)OC2=O)cc1. The number of aliphatic imine (C=N–C) groups is 1. The van der Waals surface area contributed by atoms with Crippen molar-refractivity contribution in [1.29, 1.82) is 0 Å². The largest absolute Gasteiger partial charge is 0.497 e. The van der Waals surface area contributed by atoms with Crippen molar-refractivity contribution in [1.82, 2.24) is 0 Å². The molecule has 0 N–H and O–H groups in total. The number of methoxy groups -OCH3 is 1. The molecule has 0 bridgehead atoms. The minimum Gasteiger partial charge on any atom is -0.497 e. The second kappa shape index (κ2) is 5.63. The number of ether oxygens (including phenoxy) is 2. The highest BCUT2D eigenvalue weighted by Gasteiger charge is 2.23. The molecule has 0 saturated heterocycles. The first-order valence-electron chi connectivity index (χ1n) is 6.48. The minimum absolute atomic E-state index is 0.291. The van der Waals surface area contributed by atoms with Crippen LogP contribution in [-0.4, -0.2) is 19.0 Å². The Kier molecular flexibility index (Phi) is 3.51. The van der Waals surface area contributed by atoms with Gasteiger partial charge in [-0.2, -0.15) is 0 Å². The van der Waals surface area contributed by atoms with E-state index in [1.807, 2.05) is 54.6 Å². The Bertz CT molecular complexity index is 715. The average Bonchev–Trinajstić information content (AvgIpc) is 2.90. The number of cyclic esters (lactones) is 1. The molecule has 0 unspecified atom stereocenters. The molecule has 2 aromatic rings. The van der Waals surface area contributed by atoms with E-state index in [-0.39, 0.29) is 0 Å². The molecule has 104 valence electrons. The van der Waals surface area contributed by atoms with Gasteiger partial charge in [-0.05, 0) is 35.9 Å². The lowest BCUT2D eigenvalue weighted by Crippen LogP contribution is -2.04. The number of hydrogen-bond acceptors (Lipinski definition) is 4. The van der Waals surface area contributed by atoms with Gasteiger partial charge in [0, 0.05) is 5.56 Å². The van der Waals surface area contributed by atoms with Gasteiger partial charge in [-0.3, -0.25) is 0 Å². The van der Waals surface area contributed by atoms with Crippen molar-refractivity contribution in [2.24, 2.45) is 4.99 Å². The molecule has 1 aliphatic heterocycles. The molecule has 1 aliphatic rings. The average molecular weight is 279 g/mol. The standard InChI is InChI=1S/C17H13NO3/c1-20-14-9-7-12(8-10-14)11-15-17(19)21-16(18-15)13-5-3-2-4-6-13/h2-11H,1H3/b15-11-. The smallest absolute Gasteiger partial charge is 0.363 e. The number of rotatable bonds is 3. The zero-order valence-corrected chi connectivity index (χ0v) is 11.4. The Morgan fingerprint density at radius 2 is 1.76 bits per heavy atom. The topological polar surface area (TPSA) is 47.9 Å². The molecule has 4 nitrogen and oxygen atoms in total. The van der Waals surface area contributed by atoms with Gasteiger partial charge in [0.15, 0.2) is 5.70 Å². The van der Waals surface area contributed by atoms with Crippen LogP contribution in [0.5, 0.6) is 5.75 Å². The highest BCUT2D eigenvalue weighted by molar-refractivity contribution is 6.12. The summed E-state index contributed by atoms with van der Waals surface area (Å²) in [6.07, 6.45) is 1.69. The number of benzene rings is 2. The van der Waals surface area contributed by atoms with E-state index in [1.165, 1.54) is 0 Å². The van der Waals surface area contributed by atoms with Crippen LogP contribution in [0.25, 0.3) is 6.08 Å². The molecule has 1 heterocycles. The van der Waals surface area contributed by atoms with Crippen molar-refractivity contribution in [2.75, 3.05) is 7.11 Å². The second-order valence-corrected chi connectivity index (χ2v) is 4.48. The van der Waals surface area contributed by atoms with E-state index in [1.54, 1.807) is 13.2 Å². The van der Waals surface area contributed by atoms with Crippen LogP contribution < -0.4 is 4.74 Å². The molecule has 0 fully saturated rings. The normalized spacial score (nSPS) is 15.8. The fourth-order valence-corrected chi connectivity index (χ4v) is 1.97. The Morgan fingerprint density at radius 3 is 2.43 bits per heavy atom. The van der Waals surface area contributed by atoms with Gasteiger partial charge in [0.1, 0.15) is 5.75 Å². The summed E-state index contributed by atoms with van der Waals surface area (Å²) < 4.78 is 10.3. The van der Waals surface area contributed by atoms with Crippen LogP contribution in [0.15, 0.2) is 65.3 Å². The third-order valence-electron chi connectivity index (χ3n) is 3.06. The number of esters is 1. The molecule has 2 aromatic carbocycles. The first-order chi connectivity index (χ1) is 10.3. The quantitative estimate of drug-likeness (QED) is 0.641. The van der Waals surface area contributed by atoms with Gasteiger partial charge in [-0.1, -0.05) is 30.3 Å². The molecule has 0 aromatic heterocycles. The highest BCUT2D eigenvalue weighted by atomic mass is 16.6. The third-order valence-corrected chi connectivity index (χ3v) is 3.06. The van der Waals surface area contributed by atoms with Gasteiger partial charge in [0.05, 0.1) is 7.11 Å². The molecule has 0 spiro atoms. The molecule has 3 rings (SSSR count). The van der Waals surface area contributed by atoms with Gasteiger partial charge in [-0.15, -0.1) is 0 Å². The molecule has 0 amide bonds. The Hall–Kier alpha value is -2.88. The Morgan fingerprint density at radius 1 is 1.05 bits per heavy atom. The van der Waals surface area contributed by atoms with Crippen molar-refractivity contribution in [3.8, 4) is 5.75 Å². The van der Waals surface area contributed by atoms with E-state index in [4.69, 9.17) is 9.47 Å². The fourth-order valence-electron chi connectivity index (χ4n) is 1.97. The number of carbonyl (C=O) groups is 1. The molecule has 0 radical (unpaired) electrons. The maximum absolute atomic E-state index is 11.9. The van der Waals surface area contributed by atoms with E-state index in [9.17, 15) is 4.79 Å². The first-order valence-corrected chi connectivity index (χ1v) is 6.48. The summed E-state index contributed by atoms with van der Waals surface area (Å²) in [6, 6.07) is 16.7. The monoisotopic (exact) mass is 279 g/mol.